The number of anilines is 1. The Hall–Kier alpha value is -1.67. The van der Waals surface area contributed by atoms with Crippen LogP contribution in [0, 0.1) is 0 Å². The standard InChI is InChI=1S/C15H21ClN2O5S/c1-23-14-9-11(3-4-13(14)16)17-6-7-18(15(19)20)12(10-17)5-8-24(2,21)22/h3-4,9,12H,5-8,10H2,1-2H3,(H,19,20)/t12-/m0/s1. The second kappa shape index (κ2) is 7.48. The Morgan fingerprint density at radius 3 is 2.71 bits per heavy atom. The number of sulfone groups is 1. The third-order valence-electron chi connectivity index (χ3n) is 4.05. The van der Waals surface area contributed by atoms with Crippen LogP contribution in [0.5, 0.6) is 5.75 Å². The van der Waals surface area contributed by atoms with Crippen molar-refractivity contribution in [3.63, 3.8) is 0 Å². The molecule has 1 heterocycles. The quantitative estimate of drug-likeness (QED) is 0.845. The van der Waals surface area contributed by atoms with Gasteiger partial charge >= 0.3 is 6.09 Å². The molecular formula is C15H21ClN2O5S. The predicted molar refractivity (Wildman–Crippen MR) is 93.1 cm³/mol. The summed E-state index contributed by atoms with van der Waals surface area (Å²) < 4.78 is 28.0. The summed E-state index contributed by atoms with van der Waals surface area (Å²) in [5, 5.41) is 9.83. The molecule has 1 amide bonds. The summed E-state index contributed by atoms with van der Waals surface area (Å²) in [6, 6.07) is 4.99. The second-order valence-corrected chi connectivity index (χ2v) is 8.48. The van der Waals surface area contributed by atoms with Crippen molar-refractivity contribution < 1.29 is 23.1 Å². The van der Waals surface area contributed by atoms with Crippen molar-refractivity contribution in [1.29, 1.82) is 0 Å². The zero-order valence-electron chi connectivity index (χ0n) is 13.6. The van der Waals surface area contributed by atoms with Crippen LogP contribution < -0.4 is 9.64 Å². The molecule has 2 rings (SSSR count). The number of benzene rings is 1. The molecule has 1 aliphatic rings. The zero-order chi connectivity index (χ0) is 17.9. The number of ether oxygens (including phenoxy) is 1. The first-order valence-corrected chi connectivity index (χ1v) is 9.91. The molecule has 1 saturated heterocycles. The van der Waals surface area contributed by atoms with Gasteiger partial charge in [-0.25, -0.2) is 13.2 Å². The maximum atomic E-state index is 11.4. The maximum absolute atomic E-state index is 11.4. The number of halogens is 1. The van der Waals surface area contributed by atoms with Gasteiger partial charge in [-0.2, -0.15) is 0 Å². The molecule has 1 N–H and O–H groups in total. The minimum atomic E-state index is -3.15. The molecule has 0 aromatic heterocycles. The van der Waals surface area contributed by atoms with Gasteiger partial charge in [-0.1, -0.05) is 11.6 Å². The van der Waals surface area contributed by atoms with Crippen LogP contribution in [0.4, 0.5) is 10.5 Å². The van der Waals surface area contributed by atoms with Crippen molar-refractivity contribution in [2.45, 2.75) is 12.5 Å². The molecule has 134 valence electrons. The lowest BCUT2D eigenvalue weighted by molar-refractivity contribution is 0.117. The lowest BCUT2D eigenvalue weighted by Crippen LogP contribution is -2.55. The summed E-state index contributed by atoms with van der Waals surface area (Å²) in [6.07, 6.45) is 0.400. The Labute approximate surface area is 146 Å². The van der Waals surface area contributed by atoms with Gasteiger partial charge in [0.15, 0.2) is 0 Å². The first-order chi connectivity index (χ1) is 11.2. The predicted octanol–water partition coefficient (Wildman–Crippen LogP) is 1.95. The molecule has 0 bridgehead atoms. The van der Waals surface area contributed by atoms with Crippen LogP contribution in [0.2, 0.25) is 5.02 Å². The number of methoxy groups -OCH3 is 1. The molecule has 1 aromatic carbocycles. The molecule has 1 aromatic rings. The SMILES string of the molecule is COc1cc(N2CCN(C(=O)O)[C@@H](CCS(C)(=O)=O)C2)ccc1Cl. The van der Waals surface area contributed by atoms with Gasteiger partial charge in [0, 0.05) is 37.6 Å². The largest absolute Gasteiger partial charge is 0.495 e. The monoisotopic (exact) mass is 376 g/mol. The van der Waals surface area contributed by atoms with E-state index in [0.717, 1.165) is 11.9 Å². The Morgan fingerprint density at radius 1 is 1.42 bits per heavy atom. The topological polar surface area (TPSA) is 87.2 Å². The van der Waals surface area contributed by atoms with Crippen molar-refractivity contribution in [2.24, 2.45) is 0 Å². The molecule has 0 saturated carbocycles. The van der Waals surface area contributed by atoms with Gasteiger partial charge in [-0.15, -0.1) is 0 Å². The lowest BCUT2D eigenvalue weighted by Gasteiger charge is -2.41. The number of hydrogen-bond acceptors (Lipinski definition) is 5. The van der Waals surface area contributed by atoms with Crippen LogP contribution in [-0.4, -0.2) is 69.3 Å². The summed E-state index contributed by atoms with van der Waals surface area (Å²) in [5.74, 6) is 0.502. The number of piperazine rings is 1. The molecular weight excluding hydrogens is 356 g/mol. The van der Waals surface area contributed by atoms with E-state index in [9.17, 15) is 18.3 Å². The summed E-state index contributed by atoms with van der Waals surface area (Å²) in [6.45, 7) is 1.26. The van der Waals surface area contributed by atoms with Crippen LogP contribution in [0.25, 0.3) is 0 Å². The first-order valence-electron chi connectivity index (χ1n) is 7.47. The molecule has 0 radical (unpaired) electrons. The normalized spacial score (nSPS) is 18.5. The van der Waals surface area contributed by atoms with Crippen LogP contribution in [0.1, 0.15) is 6.42 Å². The molecule has 0 unspecified atom stereocenters. The minimum absolute atomic E-state index is 0.0424. The molecule has 24 heavy (non-hydrogen) atoms. The van der Waals surface area contributed by atoms with Crippen molar-refractivity contribution in [2.75, 3.05) is 43.7 Å². The summed E-state index contributed by atoms with van der Waals surface area (Å²) in [7, 11) is -1.62. The van der Waals surface area contributed by atoms with Gasteiger partial charge in [0.05, 0.1) is 23.9 Å². The molecule has 0 aliphatic carbocycles. The smallest absolute Gasteiger partial charge is 0.407 e. The molecule has 9 heteroatoms. The fourth-order valence-corrected chi connectivity index (χ4v) is 3.68. The van der Waals surface area contributed by atoms with E-state index in [0.29, 0.717) is 30.4 Å². The Morgan fingerprint density at radius 2 is 2.12 bits per heavy atom. The maximum Gasteiger partial charge on any atom is 0.407 e. The average molecular weight is 377 g/mol. The molecule has 1 aliphatic heterocycles. The fourth-order valence-electron chi connectivity index (χ4n) is 2.78. The van der Waals surface area contributed by atoms with Crippen LogP contribution >= 0.6 is 11.6 Å². The number of nitrogens with zero attached hydrogens (tertiary/aromatic N) is 2. The molecule has 1 fully saturated rings. The summed E-state index contributed by atoms with van der Waals surface area (Å²) in [5.41, 5.74) is 0.866. The van der Waals surface area contributed by atoms with Crippen molar-refractivity contribution in [3.8, 4) is 5.75 Å². The third-order valence-corrected chi connectivity index (χ3v) is 5.34. The minimum Gasteiger partial charge on any atom is -0.495 e. The highest BCUT2D eigenvalue weighted by atomic mass is 35.5. The van der Waals surface area contributed by atoms with Gasteiger partial charge in [-0.3, -0.25) is 0 Å². The Balaban J connectivity index is 2.18. The van der Waals surface area contributed by atoms with Gasteiger partial charge in [-0.05, 0) is 18.6 Å². The van der Waals surface area contributed by atoms with Crippen LogP contribution in [0.15, 0.2) is 18.2 Å². The van der Waals surface area contributed by atoms with Crippen molar-refractivity contribution in [3.05, 3.63) is 23.2 Å². The fraction of sp³-hybridized carbons (Fsp3) is 0.533. The number of rotatable bonds is 5. The van der Waals surface area contributed by atoms with E-state index in [1.54, 1.807) is 12.1 Å². The molecule has 1 atom stereocenters. The second-order valence-electron chi connectivity index (χ2n) is 5.81. The number of carboxylic acid groups (broad SMARTS) is 1. The van der Waals surface area contributed by atoms with Crippen molar-refractivity contribution in [1.82, 2.24) is 4.90 Å². The Bertz CT molecular complexity index is 710. The van der Waals surface area contributed by atoms with E-state index < -0.39 is 15.9 Å². The van der Waals surface area contributed by atoms with E-state index in [4.69, 9.17) is 16.3 Å². The third kappa shape index (κ3) is 4.67. The van der Waals surface area contributed by atoms with E-state index in [1.807, 2.05) is 11.0 Å². The van der Waals surface area contributed by atoms with E-state index >= 15 is 0 Å². The molecule has 0 spiro atoms. The van der Waals surface area contributed by atoms with E-state index in [1.165, 1.54) is 12.0 Å². The Kier molecular flexibility index (Phi) is 5.82. The summed E-state index contributed by atoms with van der Waals surface area (Å²) >= 11 is 6.03. The highest BCUT2D eigenvalue weighted by molar-refractivity contribution is 7.90. The van der Waals surface area contributed by atoms with E-state index in [-0.39, 0.29) is 18.2 Å². The molecule has 7 nitrogen and oxygen atoms in total. The van der Waals surface area contributed by atoms with E-state index in [2.05, 4.69) is 0 Å². The summed E-state index contributed by atoms with van der Waals surface area (Å²) in [4.78, 5) is 14.7. The number of amides is 1. The zero-order valence-corrected chi connectivity index (χ0v) is 15.2. The average Bonchev–Trinajstić information content (AvgIpc) is 2.52. The van der Waals surface area contributed by atoms with Gasteiger partial charge in [0.2, 0.25) is 0 Å². The first kappa shape index (κ1) is 18.7. The van der Waals surface area contributed by atoms with Crippen LogP contribution in [-0.2, 0) is 9.84 Å². The number of hydrogen-bond donors (Lipinski definition) is 1. The van der Waals surface area contributed by atoms with Crippen molar-refractivity contribution >= 4 is 33.2 Å². The van der Waals surface area contributed by atoms with Gasteiger partial charge < -0.3 is 19.6 Å². The van der Waals surface area contributed by atoms with Crippen LogP contribution in [0.3, 0.4) is 0 Å². The lowest BCUT2D eigenvalue weighted by atomic mass is 10.1. The highest BCUT2D eigenvalue weighted by Gasteiger charge is 2.31. The van der Waals surface area contributed by atoms with Gasteiger partial charge in [0.1, 0.15) is 15.6 Å². The highest BCUT2D eigenvalue weighted by Crippen LogP contribution is 2.30. The number of carbonyl (C=O) groups is 1. The van der Waals surface area contributed by atoms with Gasteiger partial charge in [0.25, 0.3) is 0 Å².